The molecule has 1 unspecified atom stereocenters. The number of nitrogens with two attached hydrogens (primary N) is 1. The van der Waals surface area contributed by atoms with E-state index < -0.39 is 11.4 Å². The highest BCUT2D eigenvalue weighted by atomic mass is 19.1. The third-order valence-corrected chi connectivity index (χ3v) is 3.82. The van der Waals surface area contributed by atoms with Crippen molar-refractivity contribution >= 4 is 0 Å². The molecule has 4 nitrogen and oxygen atoms in total. The fourth-order valence-corrected chi connectivity index (χ4v) is 2.32. The number of hydrogen-bond acceptors (Lipinski definition) is 3. The van der Waals surface area contributed by atoms with E-state index in [1.165, 1.54) is 12.1 Å². The summed E-state index contributed by atoms with van der Waals surface area (Å²) in [4.78, 5) is 4.08. The van der Waals surface area contributed by atoms with Gasteiger partial charge >= 0.3 is 0 Å². The highest BCUT2D eigenvalue weighted by molar-refractivity contribution is 5.46. The Bertz CT molecular complexity index is 817. The van der Waals surface area contributed by atoms with Crippen molar-refractivity contribution in [2.24, 2.45) is 18.7 Å². The molecule has 0 aliphatic heterocycles. The van der Waals surface area contributed by atoms with E-state index in [-0.39, 0.29) is 5.56 Å². The highest BCUT2D eigenvalue weighted by Gasteiger charge is 2.32. The van der Waals surface area contributed by atoms with E-state index in [0.717, 1.165) is 12.8 Å². The summed E-state index contributed by atoms with van der Waals surface area (Å²) in [6, 6.07) is 6.18. The summed E-state index contributed by atoms with van der Waals surface area (Å²) < 4.78 is 15.8. The van der Waals surface area contributed by atoms with E-state index in [1.807, 2.05) is 13.1 Å². The van der Waals surface area contributed by atoms with Crippen LogP contribution in [0.1, 0.15) is 29.7 Å². The molecule has 1 aromatic heterocycles. The monoisotopic (exact) mass is 294 g/mol. The van der Waals surface area contributed by atoms with Gasteiger partial charge in [0.05, 0.1) is 23.8 Å². The SMILES string of the molecule is Cn1cncc1C(N)(C#CC1CC1)c1ccc(C#N)c(F)c1. The van der Waals surface area contributed by atoms with Crippen LogP contribution in [0, 0.1) is 34.9 Å². The molecule has 0 bridgehead atoms. The van der Waals surface area contributed by atoms with Gasteiger partial charge in [-0.3, -0.25) is 0 Å². The summed E-state index contributed by atoms with van der Waals surface area (Å²) in [5.41, 5.74) is 6.58. The van der Waals surface area contributed by atoms with Gasteiger partial charge < -0.3 is 10.3 Å². The van der Waals surface area contributed by atoms with Crippen molar-refractivity contribution in [1.29, 1.82) is 5.26 Å². The molecule has 0 saturated heterocycles. The first-order valence-corrected chi connectivity index (χ1v) is 7.03. The van der Waals surface area contributed by atoms with Gasteiger partial charge in [-0.05, 0) is 30.5 Å². The number of aryl methyl sites for hydroxylation is 1. The summed E-state index contributed by atoms with van der Waals surface area (Å²) in [6.07, 6.45) is 5.43. The number of hydrogen-bond donors (Lipinski definition) is 1. The Morgan fingerprint density at radius 2 is 2.23 bits per heavy atom. The maximum absolute atomic E-state index is 14.0. The zero-order valence-corrected chi connectivity index (χ0v) is 12.2. The number of imidazole rings is 1. The lowest BCUT2D eigenvalue weighted by Crippen LogP contribution is -2.38. The fourth-order valence-electron chi connectivity index (χ4n) is 2.32. The van der Waals surface area contributed by atoms with Crippen LogP contribution in [0.25, 0.3) is 0 Å². The summed E-state index contributed by atoms with van der Waals surface area (Å²) in [5, 5.41) is 8.86. The smallest absolute Gasteiger partial charge is 0.145 e. The standard InChI is InChI=1S/C17H15FN4/c1-22-11-21-10-16(22)17(20,7-6-12-2-3-12)14-5-4-13(9-19)15(18)8-14/h4-5,8,10-12H,2-3,20H2,1H3. The maximum atomic E-state index is 14.0. The Balaban J connectivity index is 2.14. The van der Waals surface area contributed by atoms with E-state index >= 15 is 0 Å². The lowest BCUT2D eigenvalue weighted by Gasteiger charge is -2.25. The first-order valence-electron chi connectivity index (χ1n) is 7.03. The van der Waals surface area contributed by atoms with E-state index in [9.17, 15) is 4.39 Å². The summed E-state index contributed by atoms with van der Waals surface area (Å²) >= 11 is 0. The predicted octanol–water partition coefficient (Wildman–Crippen LogP) is 2.05. The van der Waals surface area contributed by atoms with Gasteiger partial charge in [0.25, 0.3) is 0 Å². The highest BCUT2D eigenvalue weighted by Crippen LogP contribution is 2.31. The molecule has 1 aromatic carbocycles. The summed E-state index contributed by atoms with van der Waals surface area (Å²) in [5.74, 6) is 6.04. The van der Waals surface area contributed by atoms with Gasteiger partial charge in [-0.15, -0.1) is 0 Å². The van der Waals surface area contributed by atoms with Crippen LogP contribution in [0.4, 0.5) is 4.39 Å². The van der Waals surface area contributed by atoms with Crippen LogP contribution < -0.4 is 5.73 Å². The summed E-state index contributed by atoms with van der Waals surface area (Å²) in [6.45, 7) is 0. The average molecular weight is 294 g/mol. The van der Waals surface area contributed by atoms with E-state index in [2.05, 4.69) is 16.8 Å². The predicted molar refractivity (Wildman–Crippen MR) is 79.8 cm³/mol. The molecular formula is C17H15FN4. The number of benzene rings is 1. The van der Waals surface area contributed by atoms with Gasteiger partial charge in [0.1, 0.15) is 17.4 Å². The molecular weight excluding hydrogens is 279 g/mol. The second-order valence-electron chi connectivity index (χ2n) is 5.55. The van der Waals surface area contributed by atoms with Crippen molar-refractivity contribution in [1.82, 2.24) is 9.55 Å². The Hall–Kier alpha value is -2.63. The van der Waals surface area contributed by atoms with Crippen molar-refractivity contribution in [3.05, 3.63) is 53.4 Å². The van der Waals surface area contributed by atoms with Crippen LogP contribution in [0.5, 0.6) is 0 Å². The fraction of sp³-hybridized carbons (Fsp3) is 0.294. The largest absolute Gasteiger partial charge is 0.335 e. The molecule has 0 spiro atoms. The molecule has 1 aliphatic carbocycles. The zero-order chi connectivity index (χ0) is 15.7. The molecule has 2 N–H and O–H groups in total. The number of rotatable bonds is 2. The van der Waals surface area contributed by atoms with E-state index in [0.29, 0.717) is 17.2 Å². The van der Waals surface area contributed by atoms with Crippen molar-refractivity contribution in [3.8, 4) is 17.9 Å². The lowest BCUT2D eigenvalue weighted by atomic mass is 9.87. The second kappa shape index (κ2) is 5.29. The third-order valence-electron chi connectivity index (χ3n) is 3.82. The van der Waals surface area contributed by atoms with Crippen molar-refractivity contribution in [3.63, 3.8) is 0 Å². The third kappa shape index (κ3) is 2.47. The van der Waals surface area contributed by atoms with Gasteiger partial charge in [-0.1, -0.05) is 17.9 Å². The Morgan fingerprint density at radius 1 is 1.45 bits per heavy atom. The van der Waals surface area contributed by atoms with Crippen LogP contribution in [-0.4, -0.2) is 9.55 Å². The Kier molecular flexibility index (Phi) is 3.44. The summed E-state index contributed by atoms with van der Waals surface area (Å²) in [7, 11) is 1.82. The molecule has 22 heavy (non-hydrogen) atoms. The van der Waals surface area contributed by atoms with Crippen molar-refractivity contribution in [2.45, 2.75) is 18.4 Å². The molecule has 1 fully saturated rings. The minimum absolute atomic E-state index is 0.00809. The van der Waals surface area contributed by atoms with Gasteiger partial charge in [0.15, 0.2) is 0 Å². The number of nitriles is 1. The van der Waals surface area contributed by atoms with Gasteiger partial charge in [-0.2, -0.15) is 5.26 Å². The average Bonchev–Trinajstić information content (AvgIpc) is 3.24. The van der Waals surface area contributed by atoms with E-state index in [1.54, 1.807) is 23.2 Å². The number of aromatic nitrogens is 2. The molecule has 1 aliphatic rings. The van der Waals surface area contributed by atoms with Crippen LogP contribution in [0.15, 0.2) is 30.7 Å². The lowest BCUT2D eigenvalue weighted by molar-refractivity contribution is 0.600. The minimum atomic E-state index is -1.15. The van der Waals surface area contributed by atoms with Gasteiger partial charge in [0, 0.05) is 13.0 Å². The Labute approximate surface area is 128 Å². The number of nitrogens with zero attached hydrogens (tertiary/aromatic N) is 3. The zero-order valence-electron chi connectivity index (χ0n) is 12.2. The Morgan fingerprint density at radius 3 is 2.77 bits per heavy atom. The first-order chi connectivity index (χ1) is 10.5. The van der Waals surface area contributed by atoms with Crippen LogP contribution in [-0.2, 0) is 12.6 Å². The van der Waals surface area contributed by atoms with E-state index in [4.69, 9.17) is 11.0 Å². The quantitative estimate of drug-likeness (QED) is 0.862. The van der Waals surface area contributed by atoms with Gasteiger partial charge in [-0.25, -0.2) is 9.37 Å². The molecule has 2 aromatic rings. The van der Waals surface area contributed by atoms with Gasteiger partial charge in [0.2, 0.25) is 0 Å². The molecule has 0 amide bonds. The second-order valence-corrected chi connectivity index (χ2v) is 5.55. The topological polar surface area (TPSA) is 67.6 Å². The first kappa shape index (κ1) is 14.3. The molecule has 1 saturated carbocycles. The van der Waals surface area contributed by atoms with Crippen molar-refractivity contribution in [2.75, 3.05) is 0 Å². The number of halogens is 1. The van der Waals surface area contributed by atoms with Crippen LogP contribution >= 0.6 is 0 Å². The molecule has 3 rings (SSSR count). The molecule has 1 atom stereocenters. The molecule has 0 radical (unpaired) electrons. The molecule has 1 heterocycles. The van der Waals surface area contributed by atoms with Crippen molar-refractivity contribution < 1.29 is 4.39 Å². The molecule has 110 valence electrons. The maximum Gasteiger partial charge on any atom is 0.145 e. The van der Waals surface area contributed by atoms with Crippen LogP contribution in [0.2, 0.25) is 0 Å². The molecule has 5 heteroatoms. The minimum Gasteiger partial charge on any atom is -0.335 e. The van der Waals surface area contributed by atoms with Crippen LogP contribution in [0.3, 0.4) is 0 Å². The normalized spacial score (nSPS) is 16.3.